The minimum absolute atomic E-state index is 0.0120. The standard InChI is InChI=1S/C33H39N5O7/c1-32(2,3)45-31(43)33(44)26(17-19-38(33)28(40)15-9-12-21-10-5-4-6-11-21)37-30(42)25(20-27(34)39)36-29(41)23-16-18-35-24-14-8-7-13-22(23)24/h4-8,10-11,13-14,16,18,25-26,44H,9,12,15,17,19-20H2,1-3H3,(H2,34,39)(H,36,41)(H,37,42)/t25-,26-,33-/m0/s1. The summed E-state index contributed by atoms with van der Waals surface area (Å²) in [7, 11) is 0. The normalized spacial score (nSPS) is 18.7. The number of esters is 1. The summed E-state index contributed by atoms with van der Waals surface area (Å²) in [5, 5.41) is 17.5. The van der Waals surface area contributed by atoms with Crippen LogP contribution in [-0.4, -0.2) is 74.5 Å². The lowest BCUT2D eigenvalue weighted by molar-refractivity contribution is -0.200. The van der Waals surface area contributed by atoms with E-state index in [1.54, 1.807) is 45.0 Å². The van der Waals surface area contributed by atoms with Crippen LogP contribution in [0.2, 0.25) is 0 Å². The van der Waals surface area contributed by atoms with Gasteiger partial charge in [-0.25, -0.2) is 4.79 Å². The minimum Gasteiger partial charge on any atom is -0.456 e. The molecule has 4 amide bonds. The van der Waals surface area contributed by atoms with Crippen LogP contribution in [0.15, 0.2) is 66.9 Å². The Morgan fingerprint density at radius 3 is 2.44 bits per heavy atom. The molecule has 2 heterocycles. The van der Waals surface area contributed by atoms with Gasteiger partial charge >= 0.3 is 5.97 Å². The second-order valence-electron chi connectivity index (χ2n) is 12.0. The Hall–Kier alpha value is -4.84. The van der Waals surface area contributed by atoms with Gasteiger partial charge in [-0.2, -0.15) is 0 Å². The molecule has 0 saturated carbocycles. The summed E-state index contributed by atoms with van der Waals surface area (Å²) in [4.78, 5) is 70.8. The Bertz CT molecular complexity index is 1570. The van der Waals surface area contributed by atoms with Crippen LogP contribution in [0.25, 0.3) is 10.9 Å². The van der Waals surface area contributed by atoms with Crippen LogP contribution in [0, 0.1) is 0 Å². The number of aliphatic hydroxyl groups is 1. The number of primary amides is 1. The summed E-state index contributed by atoms with van der Waals surface area (Å²) in [6.07, 6.45) is 2.04. The summed E-state index contributed by atoms with van der Waals surface area (Å²) in [5.41, 5.74) is 3.69. The fraction of sp³-hybridized carbons (Fsp3) is 0.394. The third-order valence-electron chi connectivity index (χ3n) is 7.48. The van der Waals surface area contributed by atoms with Gasteiger partial charge in [-0.1, -0.05) is 48.5 Å². The molecule has 1 aromatic heterocycles. The molecule has 0 bridgehead atoms. The number of hydrogen-bond acceptors (Lipinski definition) is 8. The highest BCUT2D eigenvalue weighted by atomic mass is 16.6. The number of carbonyl (C=O) groups excluding carboxylic acids is 5. The first-order chi connectivity index (χ1) is 21.3. The van der Waals surface area contributed by atoms with Gasteiger partial charge in [-0.3, -0.25) is 24.2 Å². The summed E-state index contributed by atoms with van der Waals surface area (Å²) >= 11 is 0. The Morgan fingerprint density at radius 2 is 1.76 bits per heavy atom. The Balaban J connectivity index is 1.53. The van der Waals surface area contributed by atoms with Gasteiger partial charge in [-0.15, -0.1) is 0 Å². The highest BCUT2D eigenvalue weighted by Crippen LogP contribution is 2.32. The van der Waals surface area contributed by atoms with E-state index in [9.17, 15) is 29.1 Å². The molecule has 45 heavy (non-hydrogen) atoms. The number of nitrogens with one attached hydrogen (secondary N) is 2. The summed E-state index contributed by atoms with van der Waals surface area (Å²) in [6, 6.07) is 15.3. The van der Waals surface area contributed by atoms with Crippen LogP contribution < -0.4 is 16.4 Å². The number of likely N-dealkylation sites (tertiary alicyclic amines) is 1. The maximum absolute atomic E-state index is 13.6. The molecule has 12 nitrogen and oxygen atoms in total. The fourth-order valence-corrected chi connectivity index (χ4v) is 5.35. The summed E-state index contributed by atoms with van der Waals surface area (Å²) in [6.45, 7) is 4.80. The van der Waals surface area contributed by atoms with E-state index in [1.165, 1.54) is 12.3 Å². The van der Waals surface area contributed by atoms with Crippen LogP contribution in [0.4, 0.5) is 0 Å². The zero-order valence-corrected chi connectivity index (χ0v) is 25.6. The second-order valence-corrected chi connectivity index (χ2v) is 12.0. The third kappa shape index (κ3) is 8.01. The predicted octanol–water partition coefficient (Wildman–Crippen LogP) is 1.98. The van der Waals surface area contributed by atoms with E-state index in [2.05, 4.69) is 15.6 Å². The maximum atomic E-state index is 13.6. The number of nitrogens with zero attached hydrogens (tertiary/aromatic N) is 2. The van der Waals surface area contributed by atoms with E-state index in [0.717, 1.165) is 10.5 Å². The van der Waals surface area contributed by atoms with Crippen molar-refractivity contribution >= 4 is 40.5 Å². The lowest BCUT2D eigenvalue weighted by Crippen LogP contribution is -2.65. The number of para-hydroxylation sites is 1. The highest BCUT2D eigenvalue weighted by molar-refractivity contribution is 6.07. The molecule has 0 unspecified atom stereocenters. The molecule has 1 saturated heterocycles. The van der Waals surface area contributed by atoms with Crippen molar-refractivity contribution in [3.8, 4) is 0 Å². The van der Waals surface area contributed by atoms with Gasteiger partial charge in [0.2, 0.25) is 17.7 Å². The number of carbonyl (C=O) groups is 5. The van der Waals surface area contributed by atoms with Crippen molar-refractivity contribution in [3.63, 3.8) is 0 Å². The number of benzene rings is 2. The van der Waals surface area contributed by atoms with Gasteiger partial charge in [0, 0.05) is 24.5 Å². The van der Waals surface area contributed by atoms with E-state index in [4.69, 9.17) is 10.5 Å². The quantitative estimate of drug-likeness (QED) is 0.236. The first kappa shape index (κ1) is 33.1. The average Bonchev–Trinajstić information content (AvgIpc) is 3.32. The average molecular weight is 618 g/mol. The van der Waals surface area contributed by atoms with Crippen molar-refractivity contribution in [1.29, 1.82) is 0 Å². The second kappa shape index (κ2) is 13.9. The zero-order chi connectivity index (χ0) is 32.8. The van der Waals surface area contributed by atoms with Crippen molar-refractivity contribution in [2.24, 2.45) is 5.73 Å². The number of hydrogen-bond donors (Lipinski definition) is 4. The lowest BCUT2D eigenvalue weighted by Gasteiger charge is -2.37. The molecule has 0 spiro atoms. The van der Waals surface area contributed by atoms with Crippen LogP contribution in [0.3, 0.4) is 0 Å². The van der Waals surface area contributed by atoms with Gasteiger partial charge < -0.3 is 31.1 Å². The molecule has 1 aliphatic heterocycles. The van der Waals surface area contributed by atoms with Gasteiger partial charge in [0.25, 0.3) is 11.6 Å². The number of aromatic nitrogens is 1. The maximum Gasteiger partial charge on any atom is 0.362 e. The van der Waals surface area contributed by atoms with Crippen molar-refractivity contribution in [1.82, 2.24) is 20.5 Å². The fourth-order valence-electron chi connectivity index (χ4n) is 5.35. The summed E-state index contributed by atoms with van der Waals surface area (Å²) < 4.78 is 5.50. The van der Waals surface area contributed by atoms with Gasteiger partial charge in [-0.05, 0) is 57.7 Å². The molecular weight excluding hydrogens is 578 g/mol. The topological polar surface area (TPSA) is 181 Å². The van der Waals surface area contributed by atoms with Crippen molar-refractivity contribution < 1.29 is 33.8 Å². The van der Waals surface area contributed by atoms with E-state index in [-0.39, 0.29) is 24.9 Å². The Kier molecular flexibility index (Phi) is 10.2. The minimum atomic E-state index is -2.53. The number of aryl methyl sites for hydroxylation is 1. The van der Waals surface area contributed by atoms with Crippen LogP contribution in [-0.2, 0) is 30.3 Å². The largest absolute Gasteiger partial charge is 0.456 e. The van der Waals surface area contributed by atoms with E-state index >= 15 is 0 Å². The van der Waals surface area contributed by atoms with Crippen molar-refractivity contribution in [2.45, 2.75) is 76.3 Å². The molecule has 238 valence electrons. The predicted molar refractivity (Wildman–Crippen MR) is 165 cm³/mol. The number of pyridine rings is 1. The van der Waals surface area contributed by atoms with E-state index < -0.39 is 59.4 Å². The molecule has 2 aromatic carbocycles. The number of rotatable bonds is 11. The van der Waals surface area contributed by atoms with E-state index in [0.29, 0.717) is 23.7 Å². The first-order valence-electron chi connectivity index (χ1n) is 14.8. The molecular formula is C33H39N5O7. The number of ether oxygens (including phenoxy) is 1. The zero-order valence-electron chi connectivity index (χ0n) is 25.6. The van der Waals surface area contributed by atoms with Crippen LogP contribution in [0.5, 0.6) is 0 Å². The van der Waals surface area contributed by atoms with Gasteiger partial charge in [0.05, 0.1) is 23.5 Å². The molecule has 0 aliphatic carbocycles. The molecule has 3 aromatic rings. The molecule has 1 aliphatic rings. The summed E-state index contributed by atoms with van der Waals surface area (Å²) in [5.74, 6) is -3.97. The number of fused-ring (bicyclic) bond motifs is 1. The SMILES string of the molecule is CC(C)(C)OC(=O)[C@@]1(O)[C@@H](NC(=O)[C@H](CC(N)=O)NC(=O)c2ccnc3ccccc23)CCN1C(=O)CCCc1ccccc1. The molecule has 12 heteroatoms. The van der Waals surface area contributed by atoms with Gasteiger partial charge in [0.15, 0.2) is 0 Å². The van der Waals surface area contributed by atoms with Crippen molar-refractivity contribution in [2.75, 3.05) is 6.54 Å². The molecule has 3 atom stereocenters. The van der Waals surface area contributed by atoms with Crippen LogP contribution in [0.1, 0.15) is 62.4 Å². The molecule has 4 rings (SSSR count). The Morgan fingerprint density at radius 1 is 1.07 bits per heavy atom. The smallest absolute Gasteiger partial charge is 0.362 e. The van der Waals surface area contributed by atoms with Crippen molar-refractivity contribution in [3.05, 3.63) is 78.0 Å². The highest BCUT2D eigenvalue weighted by Gasteiger charge is 2.58. The number of amides is 4. The lowest BCUT2D eigenvalue weighted by atomic mass is 10.0. The van der Waals surface area contributed by atoms with E-state index in [1.807, 2.05) is 30.3 Å². The molecule has 0 radical (unpaired) electrons. The third-order valence-corrected chi connectivity index (χ3v) is 7.48. The Labute approximate surface area is 261 Å². The number of nitrogens with two attached hydrogens (primary N) is 1. The first-order valence-corrected chi connectivity index (χ1v) is 14.8. The van der Waals surface area contributed by atoms with Crippen LogP contribution >= 0.6 is 0 Å². The molecule has 5 N–H and O–H groups in total. The monoisotopic (exact) mass is 617 g/mol. The molecule has 1 fully saturated rings. The van der Waals surface area contributed by atoms with Gasteiger partial charge in [0.1, 0.15) is 11.6 Å².